The molecule has 1 saturated heterocycles. The number of nitrogens with zero attached hydrogens (tertiary/aromatic N) is 2. The fraction of sp³-hybridized carbons (Fsp3) is 0.345. The fourth-order valence-corrected chi connectivity index (χ4v) is 5.38. The molecule has 0 saturated carbocycles. The van der Waals surface area contributed by atoms with Crippen LogP contribution in [0.2, 0.25) is 5.02 Å². The lowest BCUT2D eigenvalue weighted by Crippen LogP contribution is -2.49. The van der Waals surface area contributed by atoms with Gasteiger partial charge in [0.05, 0.1) is 24.4 Å². The Hall–Kier alpha value is -3.11. The van der Waals surface area contributed by atoms with Crippen LogP contribution < -0.4 is 4.74 Å². The first-order chi connectivity index (χ1) is 17.4. The van der Waals surface area contributed by atoms with Crippen molar-refractivity contribution >= 4 is 17.2 Å². The van der Waals surface area contributed by atoms with Crippen LogP contribution in [-0.4, -0.2) is 49.0 Å². The summed E-state index contributed by atoms with van der Waals surface area (Å²) in [5, 5.41) is 20.1. The predicted octanol–water partition coefficient (Wildman–Crippen LogP) is 6.18. The van der Waals surface area contributed by atoms with Crippen LogP contribution in [0.5, 0.6) is 5.75 Å². The highest BCUT2D eigenvalue weighted by Crippen LogP contribution is 2.47. The van der Waals surface area contributed by atoms with Crippen molar-refractivity contribution in [2.75, 3.05) is 32.9 Å². The second kappa shape index (κ2) is 10.5. The molecular weight excluding hydrogens is 479 g/mol. The van der Waals surface area contributed by atoms with Crippen LogP contribution in [-0.2, 0) is 4.74 Å². The van der Waals surface area contributed by atoms with Crippen molar-refractivity contribution in [1.29, 1.82) is 5.26 Å². The number of ether oxygens (including phenoxy) is 2. The van der Waals surface area contributed by atoms with E-state index in [2.05, 4.69) is 11.0 Å². The van der Waals surface area contributed by atoms with Crippen molar-refractivity contribution in [3.05, 3.63) is 93.2 Å². The second-order valence-electron chi connectivity index (χ2n) is 9.55. The van der Waals surface area contributed by atoms with Gasteiger partial charge in [-0.3, -0.25) is 9.29 Å². The minimum atomic E-state index is -0.376. The zero-order chi connectivity index (χ0) is 25.2. The van der Waals surface area contributed by atoms with Crippen LogP contribution >= 0.6 is 11.6 Å². The molecule has 3 aliphatic rings. The van der Waals surface area contributed by atoms with Crippen molar-refractivity contribution < 1.29 is 19.0 Å². The van der Waals surface area contributed by atoms with E-state index >= 15 is 0 Å². The maximum absolute atomic E-state index is 12.6. The number of aliphatic hydroxyl groups excluding tert-OH is 1. The van der Waals surface area contributed by atoms with Gasteiger partial charge in [-0.15, -0.1) is 0 Å². The van der Waals surface area contributed by atoms with E-state index in [-0.39, 0.29) is 30.6 Å². The minimum absolute atomic E-state index is 0.174. The number of aliphatic hydroxyl groups is 1. The first kappa shape index (κ1) is 24.6. The topological polar surface area (TPSA) is 65.7 Å². The fourth-order valence-electron chi connectivity index (χ4n) is 5.14. The molecule has 0 amide bonds. The molecule has 0 radical (unpaired) electrons. The maximum atomic E-state index is 12.6. The Kier molecular flexibility index (Phi) is 7.15. The molecule has 0 bridgehead atoms. The van der Waals surface area contributed by atoms with E-state index in [1.54, 1.807) is 18.2 Å². The van der Waals surface area contributed by atoms with Gasteiger partial charge in [-0.1, -0.05) is 23.7 Å². The summed E-state index contributed by atoms with van der Waals surface area (Å²) < 4.78 is 25.1. The lowest BCUT2D eigenvalue weighted by atomic mass is 9.81. The Balaban J connectivity index is 1.41. The highest BCUT2D eigenvalue weighted by atomic mass is 35.5. The van der Waals surface area contributed by atoms with E-state index in [9.17, 15) is 14.8 Å². The first-order valence-electron chi connectivity index (χ1n) is 12.1. The Labute approximate surface area is 215 Å². The van der Waals surface area contributed by atoms with Crippen LogP contribution in [0.15, 0.2) is 71.5 Å². The Morgan fingerprint density at radius 2 is 2.00 bits per heavy atom. The smallest absolute Gasteiger partial charge is 0.119 e. The maximum Gasteiger partial charge on any atom is 0.119 e. The quantitative estimate of drug-likeness (QED) is 0.486. The number of likely N-dealkylation sites (tertiary alicyclic amines) is 1. The first-order valence-corrected chi connectivity index (χ1v) is 12.5. The van der Waals surface area contributed by atoms with Crippen LogP contribution in [0.4, 0.5) is 4.39 Å². The van der Waals surface area contributed by atoms with Gasteiger partial charge >= 0.3 is 0 Å². The van der Waals surface area contributed by atoms with E-state index < -0.39 is 0 Å². The average Bonchev–Trinajstić information content (AvgIpc) is 2.85. The van der Waals surface area contributed by atoms with E-state index in [1.165, 1.54) is 0 Å². The Morgan fingerprint density at radius 1 is 1.22 bits per heavy atom. The van der Waals surface area contributed by atoms with Gasteiger partial charge in [0.1, 0.15) is 24.2 Å². The third-order valence-corrected chi connectivity index (χ3v) is 7.26. The number of benzene rings is 2. The molecule has 2 atom stereocenters. The van der Waals surface area contributed by atoms with Crippen molar-refractivity contribution in [2.24, 2.45) is 5.92 Å². The van der Waals surface area contributed by atoms with Crippen molar-refractivity contribution in [1.82, 2.24) is 4.90 Å². The van der Waals surface area contributed by atoms with Gasteiger partial charge in [0.15, 0.2) is 0 Å². The summed E-state index contributed by atoms with van der Waals surface area (Å²) in [5.41, 5.74) is 5.10. The number of hydrogen-bond acceptors (Lipinski definition) is 5. The summed E-state index contributed by atoms with van der Waals surface area (Å²) in [7, 11) is 0. The molecule has 0 aromatic heterocycles. The van der Waals surface area contributed by atoms with Gasteiger partial charge in [-0.2, -0.15) is 5.26 Å². The van der Waals surface area contributed by atoms with Gasteiger partial charge in [0.2, 0.25) is 0 Å². The van der Waals surface area contributed by atoms with Gasteiger partial charge in [0, 0.05) is 30.6 Å². The van der Waals surface area contributed by atoms with E-state index in [1.807, 2.05) is 43.3 Å². The molecule has 5 rings (SSSR count). The molecule has 1 unspecified atom stereocenters. The van der Waals surface area contributed by atoms with Crippen LogP contribution in [0, 0.1) is 17.2 Å². The third kappa shape index (κ3) is 5.05. The van der Waals surface area contributed by atoms with E-state index in [0.717, 1.165) is 53.2 Å². The molecule has 1 fully saturated rings. The van der Waals surface area contributed by atoms with Gasteiger partial charge in [-0.25, -0.2) is 0 Å². The number of halogens is 2. The summed E-state index contributed by atoms with van der Waals surface area (Å²) in [6.45, 7) is 4.70. The SMILES string of the molecule is CC1=C(c2cc(Cl)cc(C#N)c2)[C@H](c2ccc(OCCN3CC(CF)C3)cc2)OC2CC=C(O)C=C12. The van der Waals surface area contributed by atoms with E-state index in [0.29, 0.717) is 23.6 Å². The molecule has 2 aromatic carbocycles. The summed E-state index contributed by atoms with van der Waals surface area (Å²) in [5.74, 6) is 1.17. The minimum Gasteiger partial charge on any atom is -0.508 e. The largest absolute Gasteiger partial charge is 0.508 e. The predicted molar refractivity (Wildman–Crippen MR) is 138 cm³/mol. The van der Waals surface area contributed by atoms with Gasteiger partial charge in [-0.05, 0) is 83.7 Å². The van der Waals surface area contributed by atoms with Crippen LogP contribution in [0.1, 0.15) is 36.1 Å². The van der Waals surface area contributed by atoms with Crippen molar-refractivity contribution in [3.8, 4) is 11.8 Å². The van der Waals surface area contributed by atoms with E-state index in [4.69, 9.17) is 21.1 Å². The molecule has 36 heavy (non-hydrogen) atoms. The number of alkyl halides is 1. The number of allylic oxidation sites excluding steroid dienone is 1. The summed E-state index contributed by atoms with van der Waals surface area (Å²) in [6.07, 6.45) is 3.55. The molecule has 2 aromatic rings. The van der Waals surface area contributed by atoms with Crippen molar-refractivity contribution in [3.63, 3.8) is 0 Å². The average molecular weight is 507 g/mol. The molecule has 1 N–H and O–H groups in total. The second-order valence-corrected chi connectivity index (χ2v) is 9.98. The monoisotopic (exact) mass is 506 g/mol. The summed E-state index contributed by atoms with van der Waals surface area (Å²) >= 11 is 6.36. The van der Waals surface area contributed by atoms with Crippen LogP contribution in [0.25, 0.3) is 5.57 Å². The molecule has 1 aliphatic carbocycles. The molecule has 5 nitrogen and oxygen atoms in total. The number of hydrogen-bond donors (Lipinski definition) is 1. The highest BCUT2D eigenvalue weighted by molar-refractivity contribution is 6.30. The molecule has 2 aliphatic heterocycles. The highest BCUT2D eigenvalue weighted by Gasteiger charge is 2.35. The molecule has 7 heteroatoms. The Bertz CT molecular complexity index is 1270. The molecule has 2 heterocycles. The summed E-state index contributed by atoms with van der Waals surface area (Å²) in [4.78, 5) is 2.19. The normalized spacial score (nSPS) is 22.3. The Morgan fingerprint density at radius 3 is 2.72 bits per heavy atom. The number of rotatable bonds is 7. The zero-order valence-corrected chi connectivity index (χ0v) is 20.8. The zero-order valence-electron chi connectivity index (χ0n) is 20.1. The van der Waals surface area contributed by atoms with Gasteiger partial charge < -0.3 is 14.6 Å². The third-order valence-electron chi connectivity index (χ3n) is 7.04. The molecule has 186 valence electrons. The standard InChI is InChI=1S/C29H28ClFN2O3/c1-18-26-13-24(34)4-7-27(26)36-29(28(18)22-10-19(15-32)11-23(30)12-22)21-2-5-25(6-3-21)35-9-8-33-16-20(14-31)17-33/h2-6,10-13,20,27,29,34H,7-9,14,16-17H2,1H3/t27?,29-/m0/s1. The number of fused-ring (bicyclic) bond motifs is 1. The molecular formula is C29H28ClFN2O3. The lowest BCUT2D eigenvalue weighted by molar-refractivity contribution is 0.0341. The summed E-state index contributed by atoms with van der Waals surface area (Å²) in [6, 6.07) is 15.3. The lowest BCUT2D eigenvalue weighted by Gasteiger charge is -2.37. The van der Waals surface area contributed by atoms with Crippen molar-refractivity contribution in [2.45, 2.75) is 25.6 Å². The van der Waals surface area contributed by atoms with Crippen LogP contribution in [0.3, 0.4) is 0 Å². The number of nitriles is 1. The molecule has 0 spiro atoms. The van der Waals surface area contributed by atoms with Gasteiger partial charge in [0.25, 0.3) is 0 Å².